The van der Waals surface area contributed by atoms with Gasteiger partial charge < -0.3 is 20.3 Å². The largest absolute Gasteiger partial charge is 0.573 e. The number of ether oxygens (including phenoxy) is 1. The fourth-order valence-electron chi connectivity index (χ4n) is 2.13. The van der Waals surface area contributed by atoms with Crippen LogP contribution in [0.15, 0.2) is 42.5 Å². The summed E-state index contributed by atoms with van der Waals surface area (Å²) < 4.78 is 40.0. The van der Waals surface area contributed by atoms with Crippen LogP contribution in [0.5, 0.6) is 11.5 Å². The number of hydrogen-bond donors (Lipinski definition) is 3. The average molecular weight is 355 g/mol. The molecule has 2 aromatic carbocycles. The van der Waals surface area contributed by atoms with Crippen molar-refractivity contribution in [3.05, 3.63) is 59.2 Å². The molecule has 0 aliphatic rings. The standard InChI is InChI=1S/C17H16F3NO4/c1-10-2-7-13(14(22)8-10)16(24)21-9-15(23)11-3-5-12(6-4-11)25-17(18,19)20/h2-8,15,22-23H,9H2,1H3,(H,21,24). The number of rotatable bonds is 5. The van der Waals surface area contributed by atoms with Gasteiger partial charge in [-0.1, -0.05) is 18.2 Å². The number of aliphatic hydroxyl groups is 1. The van der Waals surface area contributed by atoms with Crippen molar-refractivity contribution >= 4 is 5.91 Å². The van der Waals surface area contributed by atoms with Crippen LogP contribution in [-0.2, 0) is 0 Å². The third-order valence-electron chi connectivity index (χ3n) is 3.35. The minimum absolute atomic E-state index is 0.0618. The van der Waals surface area contributed by atoms with Gasteiger partial charge in [0, 0.05) is 6.54 Å². The topological polar surface area (TPSA) is 78.8 Å². The molecule has 2 aromatic rings. The van der Waals surface area contributed by atoms with Crippen LogP contribution in [0, 0.1) is 6.92 Å². The fourth-order valence-corrected chi connectivity index (χ4v) is 2.13. The van der Waals surface area contributed by atoms with Crippen molar-refractivity contribution in [2.45, 2.75) is 19.4 Å². The quantitative estimate of drug-likeness (QED) is 0.770. The maximum absolute atomic E-state index is 12.1. The number of hydrogen-bond acceptors (Lipinski definition) is 4. The van der Waals surface area contributed by atoms with Gasteiger partial charge in [-0.25, -0.2) is 0 Å². The second kappa shape index (κ2) is 7.43. The van der Waals surface area contributed by atoms with Crippen molar-refractivity contribution in [3.63, 3.8) is 0 Å². The lowest BCUT2D eigenvalue weighted by Crippen LogP contribution is -2.28. The average Bonchev–Trinajstić information content (AvgIpc) is 2.51. The van der Waals surface area contributed by atoms with Crippen LogP contribution in [0.4, 0.5) is 13.2 Å². The van der Waals surface area contributed by atoms with E-state index in [1.807, 2.05) is 0 Å². The molecule has 0 aliphatic carbocycles. The van der Waals surface area contributed by atoms with E-state index in [2.05, 4.69) is 10.1 Å². The first kappa shape index (κ1) is 18.6. The van der Waals surface area contributed by atoms with Gasteiger partial charge in [-0.2, -0.15) is 0 Å². The molecule has 2 rings (SSSR count). The van der Waals surface area contributed by atoms with Crippen LogP contribution in [-0.4, -0.2) is 29.0 Å². The summed E-state index contributed by atoms with van der Waals surface area (Å²) in [7, 11) is 0. The number of aliphatic hydroxyl groups excluding tert-OH is 1. The van der Waals surface area contributed by atoms with Crippen molar-refractivity contribution < 1.29 is 32.9 Å². The highest BCUT2D eigenvalue weighted by Crippen LogP contribution is 2.24. The molecule has 1 atom stereocenters. The molecule has 0 bridgehead atoms. The number of benzene rings is 2. The van der Waals surface area contributed by atoms with E-state index < -0.39 is 24.1 Å². The summed E-state index contributed by atoms with van der Waals surface area (Å²) in [5, 5.41) is 22.2. The predicted octanol–water partition coefficient (Wildman–Crippen LogP) is 3.06. The molecule has 0 fully saturated rings. The molecule has 0 radical (unpaired) electrons. The van der Waals surface area contributed by atoms with Crippen LogP contribution in [0.25, 0.3) is 0 Å². The molecule has 25 heavy (non-hydrogen) atoms. The Hall–Kier alpha value is -2.74. The van der Waals surface area contributed by atoms with Crippen LogP contribution in [0.1, 0.15) is 27.6 Å². The molecule has 0 heterocycles. The van der Waals surface area contributed by atoms with Crippen LogP contribution >= 0.6 is 0 Å². The zero-order valence-corrected chi connectivity index (χ0v) is 13.2. The fraction of sp³-hybridized carbons (Fsp3) is 0.235. The molecule has 0 aromatic heterocycles. The van der Waals surface area contributed by atoms with Crippen LogP contribution in [0.3, 0.4) is 0 Å². The molecule has 5 nitrogen and oxygen atoms in total. The third-order valence-corrected chi connectivity index (χ3v) is 3.35. The van der Waals surface area contributed by atoms with E-state index in [9.17, 15) is 28.2 Å². The summed E-state index contributed by atoms with van der Waals surface area (Å²) in [6, 6.07) is 9.21. The monoisotopic (exact) mass is 355 g/mol. The lowest BCUT2D eigenvalue weighted by molar-refractivity contribution is -0.274. The number of aromatic hydroxyl groups is 1. The number of alkyl halides is 3. The van der Waals surface area contributed by atoms with E-state index in [1.165, 1.54) is 24.3 Å². The van der Waals surface area contributed by atoms with Crippen molar-refractivity contribution in [1.29, 1.82) is 0 Å². The molecule has 0 aliphatic heterocycles. The first-order chi connectivity index (χ1) is 11.7. The van der Waals surface area contributed by atoms with Gasteiger partial charge in [0.15, 0.2) is 0 Å². The van der Waals surface area contributed by atoms with Gasteiger partial charge in [-0.3, -0.25) is 4.79 Å². The van der Waals surface area contributed by atoms with Crippen LogP contribution < -0.4 is 10.1 Å². The Balaban J connectivity index is 1.95. The maximum Gasteiger partial charge on any atom is 0.573 e. The lowest BCUT2D eigenvalue weighted by Gasteiger charge is -2.14. The molecular formula is C17H16F3NO4. The Morgan fingerprint density at radius 3 is 2.40 bits per heavy atom. The Kier molecular flexibility index (Phi) is 5.53. The number of aryl methyl sites for hydroxylation is 1. The number of amides is 1. The molecule has 1 amide bonds. The Morgan fingerprint density at radius 1 is 1.20 bits per heavy atom. The molecule has 0 saturated carbocycles. The van der Waals surface area contributed by atoms with E-state index in [1.54, 1.807) is 13.0 Å². The second-order valence-corrected chi connectivity index (χ2v) is 5.36. The smallest absolute Gasteiger partial charge is 0.507 e. The van der Waals surface area contributed by atoms with Crippen LogP contribution in [0.2, 0.25) is 0 Å². The first-order valence-corrected chi connectivity index (χ1v) is 7.27. The van der Waals surface area contributed by atoms with Gasteiger partial charge in [-0.05, 0) is 42.3 Å². The van der Waals surface area contributed by atoms with Gasteiger partial charge in [0.2, 0.25) is 0 Å². The number of nitrogens with one attached hydrogen (secondary N) is 1. The summed E-state index contributed by atoms with van der Waals surface area (Å²) in [5.41, 5.74) is 1.16. The van der Waals surface area contributed by atoms with E-state index >= 15 is 0 Å². The molecule has 1 unspecified atom stereocenters. The zero-order chi connectivity index (χ0) is 18.6. The zero-order valence-electron chi connectivity index (χ0n) is 13.2. The van der Waals surface area contributed by atoms with E-state index in [0.29, 0.717) is 5.56 Å². The number of carbonyl (C=O) groups excluding carboxylic acids is 1. The van der Waals surface area contributed by atoms with Crippen molar-refractivity contribution in [1.82, 2.24) is 5.32 Å². The second-order valence-electron chi connectivity index (χ2n) is 5.36. The summed E-state index contributed by atoms with van der Waals surface area (Å²) in [6.45, 7) is 1.59. The van der Waals surface area contributed by atoms with E-state index in [4.69, 9.17) is 0 Å². The summed E-state index contributed by atoms with van der Waals surface area (Å²) in [5.74, 6) is -1.16. The normalized spacial score (nSPS) is 12.5. The van der Waals surface area contributed by atoms with Gasteiger partial charge in [-0.15, -0.1) is 13.2 Å². The van der Waals surface area contributed by atoms with Gasteiger partial charge in [0.05, 0.1) is 11.7 Å². The summed E-state index contributed by atoms with van der Waals surface area (Å²) in [4.78, 5) is 12.0. The predicted molar refractivity (Wildman–Crippen MR) is 83.3 cm³/mol. The summed E-state index contributed by atoms with van der Waals surface area (Å²) >= 11 is 0. The SMILES string of the molecule is Cc1ccc(C(=O)NCC(O)c2ccc(OC(F)(F)F)cc2)c(O)c1. The molecular weight excluding hydrogens is 339 g/mol. The molecule has 0 saturated heterocycles. The Labute approximate surface area is 141 Å². The lowest BCUT2D eigenvalue weighted by atomic mass is 10.1. The van der Waals surface area contributed by atoms with Crippen molar-refractivity contribution in [2.24, 2.45) is 0 Å². The van der Waals surface area contributed by atoms with Crippen molar-refractivity contribution in [2.75, 3.05) is 6.54 Å². The highest BCUT2D eigenvalue weighted by Gasteiger charge is 2.31. The third kappa shape index (κ3) is 5.39. The number of phenolic OH excluding ortho intramolecular Hbond substituents is 1. The first-order valence-electron chi connectivity index (χ1n) is 7.27. The molecule has 134 valence electrons. The minimum Gasteiger partial charge on any atom is -0.507 e. The van der Waals surface area contributed by atoms with Gasteiger partial charge >= 0.3 is 6.36 Å². The number of carbonyl (C=O) groups is 1. The van der Waals surface area contributed by atoms with E-state index in [-0.39, 0.29) is 17.9 Å². The van der Waals surface area contributed by atoms with Gasteiger partial charge in [0.1, 0.15) is 11.5 Å². The van der Waals surface area contributed by atoms with Crippen molar-refractivity contribution in [3.8, 4) is 11.5 Å². The van der Waals surface area contributed by atoms with Gasteiger partial charge in [0.25, 0.3) is 5.91 Å². The van der Waals surface area contributed by atoms with E-state index in [0.717, 1.165) is 17.7 Å². The Morgan fingerprint density at radius 2 is 1.84 bits per heavy atom. The molecule has 0 spiro atoms. The summed E-state index contributed by atoms with van der Waals surface area (Å²) in [6.07, 6.45) is -5.92. The highest BCUT2D eigenvalue weighted by atomic mass is 19.4. The molecule has 8 heteroatoms. The minimum atomic E-state index is -4.79. The molecule has 3 N–H and O–H groups in total. The maximum atomic E-state index is 12.1. The highest BCUT2D eigenvalue weighted by molar-refractivity contribution is 5.96. The number of phenols is 1. The number of halogens is 3. The Bertz CT molecular complexity index is 745.